The number of nitrogens with one attached hydrogen (secondary N) is 1. The molecule has 0 aliphatic carbocycles. The number of Topliss-reactive ketones (excluding diaryl/α,β-unsaturated/α-hetero) is 1. The van der Waals surface area contributed by atoms with Gasteiger partial charge in [-0.2, -0.15) is 0 Å². The third-order valence-electron chi connectivity index (χ3n) is 4.01. The standard InChI is InChI=1S/C18H12FNO4/c1-8-11(12-4-9(19)2-3-13(12)20-8)7-16-18(23)17-14(22)5-10(21)6-15(17)24-16/h2-7,20-22H,1H3. The molecule has 3 N–H and O–H groups in total. The summed E-state index contributed by atoms with van der Waals surface area (Å²) in [7, 11) is 0. The van der Waals surface area contributed by atoms with Gasteiger partial charge in [-0.3, -0.25) is 4.79 Å². The zero-order chi connectivity index (χ0) is 17.0. The number of rotatable bonds is 1. The van der Waals surface area contributed by atoms with Crippen LogP contribution in [0.2, 0.25) is 0 Å². The van der Waals surface area contributed by atoms with Gasteiger partial charge in [-0.25, -0.2) is 4.39 Å². The molecule has 0 radical (unpaired) electrons. The van der Waals surface area contributed by atoms with Crippen molar-refractivity contribution in [3.8, 4) is 17.2 Å². The van der Waals surface area contributed by atoms with E-state index in [1.807, 2.05) is 0 Å². The van der Waals surface area contributed by atoms with Crippen LogP contribution in [0.4, 0.5) is 4.39 Å². The van der Waals surface area contributed by atoms with Gasteiger partial charge in [-0.1, -0.05) is 0 Å². The Hall–Kier alpha value is -3.28. The topological polar surface area (TPSA) is 82.6 Å². The van der Waals surface area contributed by atoms with Crippen LogP contribution in [0.3, 0.4) is 0 Å². The first-order valence-electron chi connectivity index (χ1n) is 7.22. The number of hydrogen-bond acceptors (Lipinski definition) is 4. The van der Waals surface area contributed by atoms with Crippen molar-refractivity contribution in [1.29, 1.82) is 0 Å². The number of aromatic amines is 1. The fourth-order valence-electron chi connectivity index (χ4n) is 2.92. The van der Waals surface area contributed by atoms with E-state index in [0.717, 1.165) is 17.3 Å². The average Bonchev–Trinajstić information content (AvgIpc) is 2.98. The number of phenolic OH excluding ortho intramolecular Hbond substituents is 2. The number of H-pyrrole nitrogens is 1. The van der Waals surface area contributed by atoms with Crippen LogP contribution in [0, 0.1) is 12.7 Å². The predicted molar refractivity (Wildman–Crippen MR) is 85.7 cm³/mol. The summed E-state index contributed by atoms with van der Waals surface area (Å²) in [5.74, 6) is -1.34. The number of aromatic hydroxyl groups is 2. The maximum Gasteiger partial charge on any atom is 0.235 e. The molecule has 24 heavy (non-hydrogen) atoms. The van der Waals surface area contributed by atoms with Crippen LogP contribution in [-0.2, 0) is 0 Å². The van der Waals surface area contributed by atoms with E-state index < -0.39 is 5.78 Å². The van der Waals surface area contributed by atoms with Crippen molar-refractivity contribution in [3.63, 3.8) is 0 Å². The summed E-state index contributed by atoms with van der Waals surface area (Å²) >= 11 is 0. The summed E-state index contributed by atoms with van der Waals surface area (Å²) in [5, 5.41) is 20.0. The second kappa shape index (κ2) is 4.86. The number of carbonyl (C=O) groups is 1. The van der Waals surface area contributed by atoms with Crippen molar-refractivity contribution in [1.82, 2.24) is 4.98 Å². The fourth-order valence-corrected chi connectivity index (χ4v) is 2.92. The van der Waals surface area contributed by atoms with Crippen LogP contribution in [0.15, 0.2) is 36.1 Å². The van der Waals surface area contributed by atoms with E-state index in [4.69, 9.17) is 4.74 Å². The average molecular weight is 325 g/mol. The molecule has 1 aliphatic heterocycles. The maximum atomic E-state index is 13.5. The lowest BCUT2D eigenvalue weighted by atomic mass is 10.1. The molecule has 5 nitrogen and oxygen atoms in total. The Morgan fingerprint density at radius 1 is 1.21 bits per heavy atom. The van der Waals surface area contributed by atoms with E-state index in [1.165, 1.54) is 24.3 Å². The van der Waals surface area contributed by atoms with Crippen LogP contribution in [0.5, 0.6) is 17.2 Å². The highest BCUT2D eigenvalue weighted by molar-refractivity contribution is 6.16. The van der Waals surface area contributed by atoms with E-state index in [-0.39, 0.29) is 34.4 Å². The highest BCUT2D eigenvalue weighted by atomic mass is 19.1. The Kier molecular flexibility index (Phi) is 2.90. The Morgan fingerprint density at radius 2 is 2.00 bits per heavy atom. The number of fused-ring (bicyclic) bond motifs is 2. The van der Waals surface area contributed by atoms with Crippen LogP contribution >= 0.6 is 0 Å². The minimum absolute atomic E-state index is 0.000777. The predicted octanol–water partition coefficient (Wildman–Crippen LogP) is 3.64. The second-order valence-electron chi connectivity index (χ2n) is 5.63. The van der Waals surface area contributed by atoms with Gasteiger partial charge in [0.1, 0.15) is 28.6 Å². The van der Waals surface area contributed by atoms with E-state index in [1.54, 1.807) is 13.0 Å². The van der Waals surface area contributed by atoms with Crippen molar-refractivity contribution in [3.05, 3.63) is 58.7 Å². The molecule has 0 atom stereocenters. The minimum atomic E-state index is -0.493. The molecule has 0 saturated heterocycles. The van der Waals surface area contributed by atoms with Gasteiger partial charge >= 0.3 is 0 Å². The van der Waals surface area contributed by atoms with Crippen molar-refractivity contribution < 1.29 is 24.1 Å². The largest absolute Gasteiger partial charge is 0.508 e. The molecule has 4 rings (SSSR count). The highest BCUT2D eigenvalue weighted by Crippen LogP contribution is 2.41. The van der Waals surface area contributed by atoms with Gasteiger partial charge in [-0.05, 0) is 31.2 Å². The van der Waals surface area contributed by atoms with Crippen molar-refractivity contribution in [2.75, 3.05) is 0 Å². The summed E-state index contributed by atoms with van der Waals surface area (Å²) in [5.41, 5.74) is 2.12. The molecule has 2 aromatic carbocycles. The molecule has 0 amide bonds. The maximum absolute atomic E-state index is 13.5. The molecule has 2 heterocycles. The normalized spacial score (nSPS) is 15.1. The monoisotopic (exact) mass is 325 g/mol. The number of ketones is 1. The van der Waals surface area contributed by atoms with Crippen LogP contribution in [-0.4, -0.2) is 21.0 Å². The number of ether oxygens (including phenoxy) is 1. The lowest BCUT2D eigenvalue weighted by Gasteiger charge is -2.00. The molecule has 0 fully saturated rings. The SMILES string of the molecule is Cc1[nH]c2ccc(F)cc2c1C=C1Oc2cc(O)cc(O)c2C1=O. The van der Waals surface area contributed by atoms with Crippen molar-refractivity contribution >= 4 is 22.8 Å². The molecular formula is C18H12FNO4. The lowest BCUT2D eigenvalue weighted by molar-refractivity contribution is 0.101. The van der Waals surface area contributed by atoms with Crippen LogP contribution < -0.4 is 4.74 Å². The third-order valence-corrected chi connectivity index (χ3v) is 4.01. The number of phenols is 2. The third kappa shape index (κ3) is 2.04. The first kappa shape index (κ1) is 14.3. The summed E-state index contributed by atoms with van der Waals surface area (Å²) in [6.07, 6.45) is 1.51. The molecule has 0 unspecified atom stereocenters. The molecule has 3 aromatic rings. The van der Waals surface area contributed by atoms with Gasteiger partial charge in [0.2, 0.25) is 5.78 Å². The minimum Gasteiger partial charge on any atom is -0.508 e. The molecule has 1 aromatic heterocycles. The van der Waals surface area contributed by atoms with Gasteiger partial charge < -0.3 is 19.9 Å². The van der Waals surface area contributed by atoms with E-state index in [9.17, 15) is 19.4 Å². The van der Waals surface area contributed by atoms with Crippen LogP contribution in [0.25, 0.3) is 17.0 Å². The summed E-state index contributed by atoms with van der Waals surface area (Å²) in [4.78, 5) is 15.6. The first-order valence-corrected chi connectivity index (χ1v) is 7.22. The molecule has 6 heteroatoms. The number of halogens is 1. The molecule has 0 bridgehead atoms. The number of aromatic nitrogens is 1. The zero-order valence-electron chi connectivity index (χ0n) is 12.6. The molecule has 0 saturated carbocycles. The number of aryl methyl sites for hydroxylation is 1. The van der Waals surface area contributed by atoms with Gasteiger partial charge in [0.25, 0.3) is 0 Å². The van der Waals surface area contributed by atoms with Crippen molar-refractivity contribution in [2.24, 2.45) is 0 Å². The fraction of sp³-hybridized carbons (Fsp3) is 0.0556. The van der Waals surface area contributed by atoms with Gasteiger partial charge in [0, 0.05) is 34.3 Å². The zero-order valence-corrected chi connectivity index (χ0v) is 12.6. The molecular weight excluding hydrogens is 313 g/mol. The Morgan fingerprint density at radius 3 is 2.79 bits per heavy atom. The molecule has 120 valence electrons. The summed E-state index contributed by atoms with van der Waals surface area (Å²) in [6, 6.07) is 6.69. The number of allylic oxidation sites excluding steroid dienone is 1. The van der Waals surface area contributed by atoms with E-state index in [2.05, 4.69) is 4.98 Å². The van der Waals surface area contributed by atoms with E-state index in [0.29, 0.717) is 10.9 Å². The van der Waals surface area contributed by atoms with Gasteiger partial charge in [0.05, 0.1) is 0 Å². The molecule has 0 spiro atoms. The van der Waals surface area contributed by atoms with Crippen LogP contribution in [0.1, 0.15) is 21.6 Å². The summed E-state index contributed by atoms with van der Waals surface area (Å²) in [6.45, 7) is 1.81. The van der Waals surface area contributed by atoms with E-state index >= 15 is 0 Å². The Bertz CT molecular complexity index is 1050. The number of hydrogen-bond donors (Lipinski definition) is 3. The lowest BCUT2D eigenvalue weighted by Crippen LogP contribution is -1.98. The Labute approximate surface area is 135 Å². The van der Waals surface area contributed by atoms with Crippen molar-refractivity contribution in [2.45, 2.75) is 6.92 Å². The number of benzene rings is 2. The Balaban J connectivity index is 1.86. The first-order chi connectivity index (χ1) is 11.4. The smallest absolute Gasteiger partial charge is 0.235 e. The molecule has 1 aliphatic rings. The van der Waals surface area contributed by atoms with Gasteiger partial charge in [0.15, 0.2) is 5.76 Å². The highest BCUT2D eigenvalue weighted by Gasteiger charge is 2.31. The summed E-state index contributed by atoms with van der Waals surface area (Å²) < 4.78 is 19.0. The quantitative estimate of drug-likeness (QED) is 0.597. The number of carbonyl (C=O) groups excluding carboxylic acids is 1. The van der Waals surface area contributed by atoms with Gasteiger partial charge in [-0.15, -0.1) is 0 Å². The second-order valence-corrected chi connectivity index (χ2v) is 5.63.